The lowest BCUT2D eigenvalue weighted by molar-refractivity contribution is -0.186. The molecule has 5 rings (SSSR count). The quantitative estimate of drug-likeness (QED) is 0.185. The number of likely N-dealkylation sites (N-methyl/N-ethyl adjacent to an activating group) is 1. The van der Waals surface area contributed by atoms with Crippen molar-refractivity contribution < 1.29 is 62.7 Å². The normalized spacial score (nSPS) is 32.3. The van der Waals surface area contributed by atoms with Crippen LogP contribution in [0.3, 0.4) is 0 Å². The highest BCUT2D eigenvalue weighted by molar-refractivity contribution is 8.00. The van der Waals surface area contributed by atoms with Gasteiger partial charge in [0.05, 0.1) is 24.5 Å². The van der Waals surface area contributed by atoms with E-state index in [9.17, 15) is 43.8 Å². The van der Waals surface area contributed by atoms with Gasteiger partial charge in [-0.3, -0.25) is 34.2 Å². The van der Waals surface area contributed by atoms with Crippen molar-refractivity contribution in [2.45, 2.75) is 147 Å². The van der Waals surface area contributed by atoms with E-state index >= 15 is 0 Å². The van der Waals surface area contributed by atoms with E-state index < -0.39 is 83.1 Å². The highest BCUT2D eigenvalue weighted by Crippen LogP contribution is 2.40. The minimum atomic E-state index is -1.97. The van der Waals surface area contributed by atoms with Crippen LogP contribution in [0.5, 0.6) is 5.75 Å². The van der Waals surface area contributed by atoms with Gasteiger partial charge in [-0.1, -0.05) is 37.6 Å². The number of likely N-dealkylation sites (tertiary alicyclic amines) is 1. The maximum absolute atomic E-state index is 14.4. The first-order chi connectivity index (χ1) is 31.9. The Balaban J connectivity index is 1.34. The van der Waals surface area contributed by atoms with Gasteiger partial charge in [0.25, 0.3) is 0 Å². The highest BCUT2D eigenvalue weighted by Gasteiger charge is 2.51. The molecule has 0 unspecified atom stereocenters. The van der Waals surface area contributed by atoms with E-state index in [1.54, 1.807) is 40.0 Å². The van der Waals surface area contributed by atoms with Crippen LogP contribution < -0.4 is 15.0 Å². The molecule has 5 amide bonds. The predicted molar refractivity (Wildman–Crippen MR) is 256 cm³/mol. The number of amides is 5. The average Bonchev–Trinajstić information content (AvgIpc) is 3.55. The molecule has 9 atom stereocenters. The van der Waals surface area contributed by atoms with Crippen LogP contribution >= 0.6 is 11.8 Å². The first-order valence-electron chi connectivity index (χ1n) is 23.6. The Morgan fingerprint density at radius 2 is 1.71 bits per heavy atom. The van der Waals surface area contributed by atoms with Crippen molar-refractivity contribution in [3.05, 3.63) is 47.1 Å². The molecule has 1 aromatic carbocycles. The van der Waals surface area contributed by atoms with E-state index in [1.807, 2.05) is 32.1 Å². The molecule has 3 heterocycles. The van der Waals surface area contributed by atoms with Gasteiger partial charge < -0.3 is 39.0 Å². The summed E-state index contributed by atoms with van der Waals surface area (Å²) in [5.74, 6) is -2.78. The molecule has 0 spiro atoms. The van der Waals surface area contributed by atoms with Crippen LogP contribution in [-0.4, -0.2) is 143 Å². The maximum Gasteiger partial charge on any atom is 0.409 e. The third kappa shape index (κ3) is 12.5. The minimum absolute atomic E-state index is 0.0346. The molecule has 0 radical (unpaired) electrons. The van der Waals surface area contributed by atoms with Crippen LogP contribution in [0.25, 0.3) is 0 Å². The number of aliphatic hydroxyl groups is 2. The number of benzene rings is 1. The number of esters is 1. The van der Waals surface area contributed by atoms with Crippen molar-refractivity contribution in [2.24, 2.45) is 23.7 Å². The number of ether oxygens (including phenoxy) is 4. The lowest BCUT2D eigenvalue weighted by Crippen LogP contribution is -2.64. The van der Waals surface area contributed by atoms with Crippen LogP contribution in [0.15, 0.2) is 35.9 Å². The van der Waals surface area contributed by atoms with Crippen LogP contribution in [0.1, 0.15) is 104 Å². The number of hydrogen-bond donors (Lipinski definition) is 3. The summed E-state index contributed by atoms with van der Waals surface area (Å²) in [4.78, 5) is 97.1. The fraction of sp³-hybridized carbons (Fsp3) is 0.660. The van der Waals surface area contributed by atoms with Crippen molar-refractivity contribution in [3.8, 4) is 5.75 Å². The molecule has 2 saturated heterocycles. The predicted octanol–water partition coefficient (Wildman–Crippen LogP) is 5.05. The van der Waals surface area contributed by atoms with Gasteiger partial charge in [-0.05, 0) is 102 Å². The number of alkyl carbamates (subject to hydrolysis) is 1. The number of imide groups is 1. The van der Waals surface area contributed by atoms with E-state index in [2.05, 4.69) is 5.32 Å². The van der Waals surface area contributed by atoms with E-state index in [-0.39, 0.29) is 54.4 Å². The SMILES string of the molecule is COc1cc2cc(c1C)N(C)C(=O)C[C@H](OC(=O)[C@H](C)N(C)C(=O)CCS[C@H]1CC(=O)N(CC3CCC(C(C)=O)CC3)C1=O)[C@](C)(O)[C@@H](C)[C@H](C)[C@@H]1C[C@@](O)(NC(=O)O1)[C@H](OC)/C=C/C=C(\C)C2. The van der Waals surface area contributed by atoms with Gasteiger partial charge in [-0.25, -0.2) is 9.59 Å². The summed E-state index contributed by atoms with van der Waals surface area (Å²) < 4.78 is 23.2. The number of fused-ring (bicyclic) bond motifs is 4. The molecule has 3 fully saturated rings. The van der Waals surface area contributed by atoms with Crippen molar-refractivity contribution in [1.29, 1.82) is 0 Å². The van der Waals surface area contributed by atoms with E-state index in [4.69, 9.17) is 18.9 Å². The number of hydrogen-bond acceptors (Lipinski definition) is 14. The summed E-state index contributed by atoms with van der Waals surface area (Å²) in [5.41, 5.74) is -0.917. The number of allylic oxidation sites excluding steroid dienone is 3. The maximum atomic E-state index is 14.4. The molecule has 1 aliphatic carbocycles. The lowest BCUT2D eigenvalue weighted by atomic mass is 9.73. The van der Waals surface area contributed by atoms with Crippen molar-refractivity contribution in [2.75, 3.05) is 45.5 Å². The largest absolute Gasteiger partial charge is 0.496 e. The van der Waals surface area contributed by atoms with Crippen molar-refractivity contribution in [1.82, 2.24) is 15.1 Å². The number of thioether (sulfide) groups is 1. The van der Waals surface area contributed by atoms with E-state index in [0.717, 1.165) is 36.8 Å². The number of nitrogens with zero attached hydrogens (tertiary/aromatic N) is 3. The fourth-order valence-corrected chi connectivity index (χ4v) is 10.9. The minimum Gasteiger partial charge on any atom is -0.496 e. The van der Waals surface area contributed by atoms with E-state index in [1.165, 1.54) is 61.6 Å². The Labute approximate surface area is 404 Å². The first kappa shape index (κ1) is 54.2. The molecule has 17 nitrogen and oxygen atoms in total. The molecule has 1 saturated carbocycles. The van der Waals surface area contributed by atoms with E-state index in [0.29, 0.717) is 30.0 Å². The summed E-state index contributed by atoms with van der Waals surface area (Å²) in [6.45, 7) is 12.0. The zero-order valence-electron chi connectivity index (χ0n) is 41.5. The van der Waals surface area contributed by atoms with Crippen molar-refractivity contribution >= 4 is 58.9 Å². The Bertz CT molecular complexity index is 2140. The number of nitrogens with one attached hydrogen (secondary N) is 1. The number of ketones is 1. The second-order valence-corrected chi connectivity index (χ2v) is 20.8. The molecular weight excluding hydrogens is 897 g/mol. The average molecular weight is 969 g/mol. The second-order valence-electron chi connectivity index (χ2n) is 19.5. The van der Waals surface area contributed by atoms with Gasteiger partial charge in [-0.15, -0.1) is 11.8 Å². The van der Waals surface area contributed by atoms with Gasteiger partial charge in [-0.2, -0.15) is 0 Å². The zero-order chi connectivity index (χ0) is 50.4. The van der Waals surface area contributed by atoms with Gasteiger partial charge in [0.1, 0.15) is 41.5 Å². The number of carbonyl (C=O) groups excluding carboxylic acids is 7. The third-order valence-corrected chi connectivity index (χ3v) is 16.1. The molecular formula is C50H72N4O13S. The molecule has 1 aromatic rings. The number of methoxy groups -OCH3 is 2. The summed E-state index contributed by atoms with van der Waals surface area (Å²) in [6, 6.07) is 2.57. The molecule has 3 aliphatic heterocycles. The van der Waals surface area contributed by atoms with Crippen LogP contribution in [0.4, 0.5) is 10.5 Å². The number of Topliss-reactive ketones (excluding diaryl/α,β-unsaturated/α-hetero) is 1. The fourth-order valence-electron chi connectivity index (χ4n) is 9.76. The Hall–Kier alpha value is -4.78. The molecule has 376 valence electrons. The smallest absolute Gasteiger partial charge is 0.409 e. The molecule has 4 bridgehead atoms. The lowest BCUT2D eigenvalue weighted by Gasteiger charge is -2.46. The van der Waals surface area contributed by atoms with Crippen LogP contribution in [0, 0.1) is 30.6 Å². The monoisotopic (exact) mass is 968 g/mol. The molecule has 3 N–H and O–H groups in total. The molecule has 4 aliphatic rings. The van der Waals surface area contributed by atoms with Crippen LogP contribution in [-0.2, 0) is 49.4 Å². The number of anilines is 1. The van der Waals surface area contributed by atoms with Gasteiger partial charge in [0.15, 0.2) is 5.72 Å². The zero-order valence-corrected chi connectivity index (χ0v) is 42.3. The van der Waals surface area contributed by atoms with Gasteiger partial charge >= 0.3 is 12.1 Å². The molecule has 68 heavy (non-hydrogen) atoms. The number of rotatable bonds is 12. The Morgan fingerprint density at radius 3 is 2.34 bits per heavy atom. The standard InChI is InChI=1S/C50H72N4O13S/c1-28-13-12-14-41(65-11)50(63)26-39(66-48(61)51-50)29(2)31(4)49(7,62)42(25-44(57)53(9)37-22-35(21-28)23-38(64-10)30(37)3)67-47(60)32(5)52(8)43(56)19-20-68-40-24-45(58)54(46(40)59)27-34-15-17-36(18-16-34)33(6)55/h12-14,22-23,29,31-32,34,36,39-42,62-63H,15-21,24-27H2,1-11H3,(H,51,61)/b14-12+,28-13+/t29-,31-,32-,34?,36?,39-,40-,41+,42-,49+,50-/m0/s1. The Morgan fingerprint density at radius 1 is 1.03 bits per heavy atom. The van der Waals surface area contributed by atoms with Crippen LogP contribution in [0.2, 0.25) is 0 Å². The topological polar surface area (TPSA) is 219 Å². The third-order valence-electron chi connectivity index (χ3n) is 14.9. The molecule has 0 aromatic heterocycles. The summed E-state index contributed by atoms with van der Waals surface area (Å²) in [5, 5.41) is 26.3. The molecule has 18 heteroatoms. The summed E-state index contributed by atoms with van der Waals surface area (Å²) in [7, 11) is 5.97. The van der Waals surface area contributed by atoms with Crippen molar-refractivity contribution in [3.63, 3.8) is 0 Å². The van der Waals surface area contributed by atoms with Gasteiger partial charge in [0, 0.05) is 64.2 Å². The highest BCUT2D eigenvalue weighted by atomic mass is 32.2. The summed E-state index contributed by atoms with van der Waals surface area (Å²) in [6.07, 6.45) is 3.73. The second kappa shape index (κ2) is 22.8. The first-order valence-corrected chi connectivity index (χ1v) is 24.6. The Kier molecular flexibility index (Phi) is 18.1. The summed E-state index contributed by atoms with van der Waals surface area (Å²) >= 11 is 1.22. The number of carbonyl (C=O) groups is 7. The van der Waals surface area contributed by atoms with Gasteiger partial charge in [0.2, 0.25) is 23.6 Å².